The standard InChI is InChI=1S/C18H23N3O3S/c1-12-7-21(8-13(2)24-12)18(23)10-20-9-16(25-11-17(19)22)14-5-3-4-6-15(14)20/h3-6,9,12-13H,7-8,10-11H2,1-2H3,(H2,19,22)/t12-,13+. The Morgan fingerprint density at radius 3 is 2.60 bits per heavy atom. The molecule has 1 saturated heterocycles. The van der Waals surface area contributed by atoms with Gasteiger partial charge in [0.15, 0.2) is 0 Å². The molecule has 2 atom stereocenters. The third-order valence-electron chi connectivity index (χ3n) is 4.20. The molecule has 1 aliphatic heterocycles. The van der Waals surface area contributed by atoms with Gasteiger partial charge in [-0.1, -0.05) is 18.2 Å². The molecule has 6 nitrogen and oxygen atoms in total. The van der Waals surface area contributed by atoms with E-state index in [4.69, 9.17) is 10.5 Å². The second-order valence-electron chi connectivity index (χ2n) is 6.45. The van der Waals surface area contributed by atoms with Crippen molar-refractivity contribution in [1.29, 1.82) is 0 Å². The van der Waals surface area contributed by atoms with Crippen LogP contribution in [0.25, 0.3) is 10.9 Å². The van der Waals surface area contributed by atoms with Gasteiger partial charge in [-0.25, -0.2) is 0 Å². The highest BCUT2D eigenvalue weighted by atomic mass is 32.2. The number of para-hydroxylation sites is 1. The number of nitrogens with two attached hydrogens (primary N) is 1. The van der Waals surface area contributed by atoms with Crippen LogP contribution in [-0.2, 0) is 20.9 Å². The maximum atomic E-state index is 12.7. The predicted octanol–water partition coefficient (Wildman–Crippen LogP) is 1.85. The van der Waals surface area contributed by atoms with Gasteiger partial charge < -0.3 is 19.9 Å². The lowest BCUT2D eigenvalue weighted by Crippen LogP contribution is -2.49. The predicted molar refractivity (Wildman–Crippen MR) is 98.4 cm³/mol. The van der Waals surface area contributed by atoms with Crippen LogP contribution in [0.2, 0.25) is 0 Å². The van der Waals surface area contributed by atoms with E-state index in [1.165, 1.54) is 11.8 Å². The molecule has 2 N–H and O–H groups in total. The highest BCUT2D eigenvalue weighted by molar-refractivity contribution is 8.00. The first kappa shape index (κ1) is 17.8. The lowest BCUT2D eigenvalue weighted by Gasteiger charge is -2.35. The fourth-order valence-corrected chi connectivity index (χ4v) is 4.06. The molecule has 0 radical (unpaired) electrons. The van der Waals surface area contributed by atoms with Gasteiger partial charge >= 0.3 is 0 Å². The molecule has 0 aliphatic carbocycles. The molecule has 2 aromatic rings. The van der Waals surface area contributed by atoms with Crippen molar-refractivity contribution in [2.24, 2.45) is 5.73 Å². The van der Waals surface area contributed by atoms with Gasteiger partial charge in [-0.3, -0.25) is 9.59 Å². The number of aromatic nitrogens is 1. The maximum Gasteiger partial charge on any atom is 0.242 e. The lowest BCUT2D eigenvalue weighted by atomic mass is 10.2. The van der Waals surface area contributed by atoms with Crippen LogP contribution in [0.1, 0.15) is 13.8 Å². The first-order chi connectivity index (χ1) is 11.9. The van der Waals surface area contributed by atoms with Crippen LogP contribution in [0.3, 0.4) is 0 Å². The quantitative estimate of drug-likeness (QED) is 0.825. The van der Waals surface area contributed by atoms with Crippen LogP contribution in [0.15, 0.2) is 35.4 Å². The normalized spacial score (nSPS) is 20.8. The molecule has 134 valence electrons. The van der Waals surface area contributed by atoms with E-state index in [9.17, 15) is 9.59 Å². The number of primary amides is 1. The first-order valence-corrected chi connectivity index (χ1v) is 9.35. The van der Waals surface area contributed by atoms with E-state index in [1.807, 2.05) is 53.8 Å². The number of nitrogens with zero attached hydrogens (tertiary/aromatic N) is 2. The molecule has 0 unspecified atom stereocenters. The maximum absolute atomic E-state index is 12.7. The van der Waals surface area contributed by atoms with Crippen LogP contribution in [0, 0.1) is 0 Å². The molecule has 2 amide bonds. The number of rotatable bonds is 5. The van der Waals surface area contributed by atoms with Crippen molar-refractivity contribution < 1.29 is 14.3 Å². The average molecular weight is 361 g/mol. The Kier molecular flexibility index (Phi) is 5.34. The Labute approximate surface area is 151 Å². The molecule has 25 heavy (non-hydrogen) atoms. The number of amides is 2. The van der Waals surface area contributed by atoms with E-state index in [2.05, 4.69) is 0 Å². The summed E-state index contributed by atoms with van der Waals surface area (Å²) in [5, 5.41) is 1.03. The third-order valence-corrected chi connectivity index (χ3v) is 5.27. The molecular formula is C18H23N3O3S. The van der Waals surface area contributed by atoms with E-state index in [1.54, 1.807) is 0 Å². The fourth-order valence-electron chi connectivity index (χ4n) is 3.24. The Morgan fingerprint density at radius 1 is 1.24 bits per heavy atom. The van der Waals surface area contributed by atoms with E-state index in [-0.39, 0.29) is 36.3 Å². The summed E-state index contributed by atoms with van der Waals surface area (Å²) in [5.41, 5.74) is 6.24. The van der Waals surface area contributed by atoms with Crippen LogP contribution in [0.5, 0.6) is 0 Å². The number of morpholine rings is 1. The van der Waals surface area contributed by atoms with Crippen molar-refractivity contribution in [2.75, 3.05) is 18.8 Å². The SMILES string of the molecule is C[C@@H]1CN(C(=O)Cn2cc(SCC(N)=O)c3ccccc32)C[C@H](C)O1. The second-order valence-corrected chi connectivity index (χ2v) is 7.47. The smallest absolute Gasteiger partial charge is 0.242 e. The lowest BCUT2D eigenvalue weighted by molar-refractivity contribution is -0.143. The third kappa shape index (κ3) is 4.16. The summed E-state index contributed by atoms with van der Waals surface area (Å²) in [6.45, 7) is 5.48. The average Bonchev–Trinajstić information content (AvgIpc) is 2.90. The summed E-state index contributed by atoms with van der Waals surface area (Å²) in [7, 11) is 0. The van der Waals surface area contributed by atoms with Crippen molar-refractivity contribution >= 4 is 34.5 Å². The highest BCUT2D eigenvalue weighted by Crippen LogP contribution is 2.30. The number of ether oxygens (including phenoxy) is 1. The Bertz CT molecular complexity index is 779. The summed E-state index contributed by atoms with van der Waals surface area (Å²) >= 11 is 1.40. The zero-order chi connectivity index (χ0) is 18.0. The summed E-state index contributed by atoms with van der Waals surface area (Å²) < 4.78 is 7.65. The molecule has 1 aliphatic rings. The van der Waals surface area contributed by atoms with Crippen LogP contribution in [-0.4, -0.2) is 52.3 Å². The van der Waals surface area contributed by atoms with Crippen molar-refractivity contribution in [2.45, 2.75) is 37.5 Å². The van der Waals surface area contributed by atoms with Gasteiger partial charge in [0.2, 0.25) is 11.8 Å². The summed E-state index contributed by atoms with van der Waals surface area (Å²) in [4.78, 5) is 26.7. The van der Waals surface area contributed by atoms with E-state index >= 15 is 0 Å². The molecule has 1 aromatic carbocycles. The Morgan fingerprint density at radius 2 is 1.92 bits per heavy atom. The molecule has 2 heterocycles. The van der Waals surface area contributed by atoms with Gasteiger partial charge in [-0.2, -0.15) is 0 Å². The molecule has 0 spiro atoms. The van der Waals surface area contributed by atoms with Gasteiger partial charge in [0.1, 0.15) is 6.54 Å². The van der Waals surface area contributed by atoms with Crippen molar-refractivity contribution in [3.63, 3.8) is 0 Å². The van der Waals surface area contributed by atoms with E-state index in [0.717, 1.165) is 15.8 Å². The first-order valence-electron chi connectivity index (χ1n) is 8.36. The number of carbonyl (C=O) groups excluding carboxylic acids is 2. The minimum absolute atomic E-state index is 0.0517. The summed E-state index contributed by atoms with van der Waals surface area (Å²) in [6, 6.07) is 7.89. The monoisotopic (exact) mass is 361 g/mol. The Balaban J connectivity index is 1.81. The van der Waals surface area contributed by atoms with Crippen molar-refractivity contribution in [3.05, 3.63) is 30.5 Å². The van der Waals surface area contributed by atoms with Gasteiger partial charge in [-0.05, 0) is 19.9 Å². The van der Waals surface area contributed by atoms with Crippen molar-refractivity contribution in [1.82, 2.24) is 9.47 Å². The zero-order valence-electron chi connectivity index (χ0n) is 14.5. The molecule has 1 fully saturated rings. The summed E-state index contributed by atoms with van der Waals surface area (Å²) in [6.07, 6.45) is 2.04. The number of carbonyl (C=O) groups is 2. The minimum atomic E-state index is -0.353. The summed E-state index contributed by atoms with van der Waals surface area (Å²) in [5.74, 6) is -0.0520. The topological polar surface area (TPSA) is 77.6 Å². The van der Waals surface area contributed by atoms with E-state index in [0.29, 0.717) is 13.1 Å². The fraction of sp³-hybridized carbons (Fsp3) is 0.444. The van der Waals surface area contributed by atoms with Crippen LogP contribution < -0.4 is 5.73 Å². The van der Waals surface area contributed by atoms with Crippen LogP contribution in [0.4, 0.5) is 0 Å². The van der Waals surface area contributed by atoms with Gasteiger partial charge in [0.25, 0.3) is 0 Å². The molecule has 1 aromatic heterocycles. The number of hydrogen-bond donors (Lipinski definition) is 1. The van der Waals surface area contributed by atoms with Gasteiger partial charge in [0, 0.05) is 35.1 Å². The van der Waals surface area contributed by atoms with Gasteiger partial charge in [-0.15, -0.1) is 11.8 Å². The largest absolute Gasteiger partial charge is 0.372 e. The van der Waals surface area contributed by atoms with Crippen LogP contribution >= 0.6 is 11.8 Å². The number of fused-ring (bicyclic) bond motifs is 1. The molecule has 7 heteroatoms. The van der Waals surface area contributed by atoms with E-state index < -0.39 is 0 Å². The number of thioether (sulfide) groups is 1. The van der Waals surface area contributed by atoms with Crippen molar-refractivity contribution in [3.8, 4) is 0 Å². The van der Waals surface area contributed by atoms with Gasteiger partial charge in [0.05, 0.1) is 18.0 Å². The molecular weight excluding hydrogens is 338 g/mol. The number of hydrogen-bond acceptors (Lipinski definition) is 4. The zero-order valence-corrected chi connectivity index (χ0v) is 15.3. The Hall–Kier alpha value is -1.99. The molecule has 3 rings (SSSR count). The molecule has 0 saturated carbocycles. The molecule has 0 bridgehead atoms. The highest BCUT2D eigenvalue weighted by Gasteiger charge is 2.26. The second kappa shape index (κ2) is 7.49. The minimum Gasteiger partial charge on any atom is -0.372 e. The number of benzene rings is 1.